The summed E-state index contributed by atoms with van der Waals surface area (Å²) in [6.45, 7) is 0. The van der Waals surface area contributed by atoms with Crippen molar-refractivity contribution < 1.29 is 23.9 Å². The van der Waals surface area contributed by atoms with Crippen LogP contribution in [0.2, 0.25) is 0 Å². The molecule has 1 fully saturated rings. The number of carbonyl (C=O) groups is 3. The van der Waals surface area contributed by atoms with Gasteiger partial charge in [-0.15, -0.1) is 0 Å². The number of nitrogens with zero attached hydrogens (tertiary/aromatic N) is 1. The van der Waals surface area contributed by atoms with Gasteiger partial charge in [0, 0.05) is 7.05 Å². The molecule has 7 heteroatoms. The molecule has 2 atom stereocenters. The third-order valence-electron chi connectivity index (χ3n) is 2.47. The van der Waals surface area contributed by atoms with Crippen molar-refractivity contribution in [2.75, 3.05) is 21.3 Å². The fourth-order valence-corrected chi connectivity index (χ4v) is 1.56. The second-order valence-electron chi connectivity index (χ2n) is 3.42. The van der Waals surface area contributed by atoms with E-state index in [0.29, 0.717) is 0 Å². The summed E-state index contributed by atoms with van der Waals surface area (Å²) in [4.78, 5) is 34.6. The largest absolute Gasteiger partial charge is 0.469 e. The summed E-state index contributed by atoms with van der Waals surface area (Å²) in [5.74, 6) is -0.741. The number of β-lactam (4-membered cyclic amide) rings is 1. The highest BCUT2D eigenvalue weighted by molar-refractivity contribution is 5.93. The maximum Gasteiger partial charge on any atom is 0.409 e. The van der Waals surface area contributed by atoms with Gasteiger partial charge in [0.2, 0.25) is 5.91 Å². The van der Waals surface area contributed by atoms with Crippen LogP contribution in [0, 0.1) is 0 Å². The molecule has 1 saturated heterocycles. The fraction of sp³-hybridized carbons (Fsp3) is 0.667. The lowest BCUT2D eigenvalue weighted by Gasteiger charge is -2.40. The molecule has 2 amide bonds. The Bertz CT molecular complexity index is 317. The summed E-state index contributed by atoms with van der Waals surface area (Å²) in [6, 6.07) is -1.09. The van der Waals surface area contributed by atoms with Crippen LogP contribution in [0.4, 0.5) is 4.79 Å². The number of ether oxygens (including phenoxy) is 2. The Kier molecular flexibility index (Phi) is 3.70. The highest BCUT2D eigenvalue weighted by atomic mass is 16.5. The van der Waals surface area contributed by atoms with E-state index in [1.165, 1.54) is 21.3 Å². The average Bonchev–Trinajstić information content (AvgIpc) is 2.26. The van der Waals surface area contributed by atoms with E-state index in [9.17, 15) is 14.4 Å². The molecule has 0 aromatic rings. The van der Waals surface area contributed by atoms with Crippen LogP contribution < -0.4 is 5.32 Å². The molecule has 0 aliphatic carbocycles. The summed E-state index contributed by atoms with van der Waals surface area (Å²) in [5.41, 5.74) is 0. The lowest BCUT2D eigenvalue weighted by molar-refractivity contribution is -0.145. The van der Waals surface area contributed by atoms with Gasteiger partial charge in [-0.1, -0.05) is 0 Å². The summed E-state index contributed by atoms with van der Waals surface area (Å²) in [7, 11) is 3.94. The Morgan fingerprint density at radius 3 is 2.44 bits per heavy atom. The second-order valence-corrected chi connectivity index (χ2v) is 3.42. The van der Waals surface area contributed by atoms with Crippen LogP contribution in [-0.2, 0) is 19.1 Å². The monoisotopic (exact) mass is 230 g/mol. The highest BCUT2D eigenvalue weighted by Gasteiger charge is 2.45. The van der Waals surface area contributed by atoms with E-state index >= 15 is 0 Å². The molecule has 0 aromatic carbocycles. The van der Waals surface area contributed by atoms with Crippen molar-refractivity contribution in [3.05, 3.63) is 0 Å². The van der Waals surface area contributed by atoms with E-state index in [2.05, 4.69) is 14.8 Å². The van der Waals surface area contributed by atoms with E-state index in [1.807, 2.05) is 0 Å². The topological polar surface area (TPSA) is 84.9 Å². The molecule has 0 aromatic heterocycles. The zero-order valence-electron chi connectivity index (χ0n) is 9.35. The number of rotatable bonds is 3. The Balaban J connectivity index is 2.60. The fourth-order valence-electron chi connectivity index (χ4n) is 1.56. The van der Waals surface area contributed by atoms with Crippen molar-refractivity contribution in [3.8, 4) is 0 Å². The Morgan fingerprint density at radius 2 is 2.00 bits per heavy atom. The Morgan fingerprint density at radius 1 is 1.38 bits per heavy atom. The smallest absolute Gasteiger partial charge is 0.409 e. The first-order chi connectivity index (χ1) is 7.51. The predicted octanol–water partition coefficient (Wildman–Crippen LogP) is -0.885. The number of esters is 1. The zero-order valence-corrected chi connectivity index (χ0v) is 9.35. The molecule has 1 aliphatic rings. The number of amides is 2. The van der Waals surface area contributed by atoms with Crippen LogP contribution >= 0.6 is 0 Å². The number of methoxy groups -OCH3 is 2. The van der Waals surface area contributed by atoms with Gasteiger partial charge in [-0.05, 0) is 0 Å². The van der Waals surface area contributed by atoms with E-state index in [1.54, 1.807) is 0 Å². The van der Waals surface area contributed by atoms with E-state index in [-0.39, 0.29) is 12.3 Å². The summed E-state index contributed by atoms with van der Waals surface area (Å²) < 4.78 is 8.97. The number of likely N-dealkylation sites (N-methyl/N-ethyl adjacent to an activating group) is 1. The highest BCUT2D eigenvalue weighted by Crippen LogP contribution is 2.17. The summed E-state index contributed by atoms with van der Waals surface area (Å²) in [6.07, 6.45) is -0.580. The molecule has 0 bridgehead atoms. The van der Waals surface area contributed by atoms with Crippen LogP contribution in [-0.4, -0.2) is 56.2 Å². The molecule has 0 radical (unpaired) electrons. The van der Waals surface area contributed by atoms with Gasteiger partial charge in [-0.3, -0.25) is 14.5 Å². The maximum atomic E-state index is 11.3. The third-order valence-corrected chi connectivity index (χ3v) is 2.47. The van der Waals surface area contributed by atoms with Crippen LogP contribution in [0.3, 0.4) is 0 Å². The van der Waals surface area contributed by atoms with Gasteiger partial charge in [0.1, 0.15) is 6.04 Å². The molecule has 16 heavy (non-hydrogen) atoms. The first-order valence-corrected chi connectivity index (χ1v) is 4.69. The minimum atomic E-state index is -0.674. The van der Waals surface area contributed by atoms with Gasteiger partial charge in [0.25, 0.3) is 0 Å². The first-order valence-electron chi connectivity index (χ1n) is 4.69. The zero-order chi connectivity index (χ0) is 12.3. The molecule has 1 heterocycles. The van der Waals surface area contributed by atoms with Crippen molar-refractivity contribution in [1.29, 1.82) is 0 Å². The Labute approximate surface area is 92.7 Å². The van der Waals surface area contributed by atoms with Crippen LogP contribution in [0.5, 0.6) is 0 Å². The third kappa shape index (κ3) is 2.23. The molecule has 90 valence electrons. The lowest BCUT2D eigenvalue weighted by atomic mass is 9.95. The molecule has 0 saturated carbocycles. The van der Waals surface area contributed by atoms with Gasteiger partial charge in [0.05, 0.1) is 26.7 Å². The molecule has 0 unspecified atom stereocenters. The number of nitrogens with one attached hydrogen (secondary N) is 1. The van der Waals surface area contributed by atoms with E-state index in [4.69, 9.17) is 0 Å². The van der Waals surface area contributed by atoms with Crippen molar-refractivity contribution >= 4 is 18.0 Å². The van der Waals surface area contributed by atoms with Crippen LogP contribution in [0.1, 0.15) is 6.42 Å². The van der Waals surface area contributed by atoms with Gasteiger partial charge in [-0.25, -0.2) is 4.79 Å². The first kappa shape index (κ1) is 12.3. The minimum absolute atomic E-state index is 0.0360. The van der Waals surface area contributed by atoms with E-state index in [0.717, 1.165) is 4.90 Å². The van der Waals surface area contributed by atoms with Crippen LogP contribution in [0.15, 0.2) is 0 Å². The second kappa shape index (κ2) is 4.82. The van der Waals surface area contributed by atoms with Crippen molar-refractivity contribution in [1.82, 2.24) is 10.2 Å². The van der Waals surface area contributed by atoms with E-state index < -0.39 is 24.1 Å². The molecule has 1 N–H and O–H groups in total. The Hall–Kier alpha value is -1.79. The van der Waals surface area contributed by atoms with Crippen molar-refractivity contribution in [2.24, 2.45) is 0 Å². The molecule has 0 spiro atoms. The molecule has 1 aliphatic heterocycles. The van der Waals surface area contributed by atoms with Gasteiger partial charge < -0.3 is 14.8 Å². The molecule has 7 nitrogen and oxygen atoms in total. The number of carbonyl (C=O) groups excluding carboxylic acids is 3. The SMILES string of the molecule is COC(=O)C[C@H]1NC(=O)[C@@H]1N(C)C(=O)OC. The molecular weight excluding hydrogens is 216 g/mol. The van der Waals surface area contributed by atoms with Gasteiger partial charge in [0.15, 0.2) is 0 Å². The average molecular weight is 230 g/mol. The van der Waals surface area contributed by atoms with Gasteiger partial charge >= 0.3 is 12.1 Å². The van der Waals surface area contributed by atoms with Crippen LogP contribution in [0.25, 0.3) is 0 Å². The standard InChI is InChI=1S/C9H14N2O5/c1-11(9(14)16-3)7-5(10-8(7)13)4-6(12)15-2/h5,7H,4H2,1-3H3,(H,10,13)/t5-,7-/m1/s1. The quantitative estimate of drug-likeness (QED) is 0.502. The summed E-state index contributed by atoms with van der Waals surface area (Å²) in [5, 5.41) is 2.53. The predicted molar refractivity (Wildman–Crippen MR) is 52.5 cm³/mol. The maximum absolute atomic E-state index is 11.3. The lowest BCUT2D eigenvalue weighted by Crippen LogP contribution is -2.69. The van der Waals surface area contributed by atoms with Crippen molar-refractivity contribution in [2.45, 2.75) is 18.5 Å². The molecule has 1 rings (SSSR count). The summed E-state index contributed by atoms with van der Waals surface area (Å²) >= 11 is 0. The van der Waals surface area contributed by atoms with Crippen molar-refractivity contribution in [3.63, 3.8) is 0 Å². The molecular formula is C9H14N2O5. The minimum Gasteiger partial charge on any atom is -0.469 e. The van der Waals surface area contributed by atoms with Gasteiger partial charge in [-0.2, -0.15) is 0 Å². The number of hydrogen-bond donors (Lipinski definition) is 1. The number of hydrogen-bond acceptors (Lipinski definition) is 5. The normalized spacial score (nSPS) is 22.8.